The molecule has 2 aromatic carbocycles. The van der Waals surface area contributed by atoms with Crippen LogP contribution >= 0.6 is 0 Å². The SMILES string of the molecule is CCOc1ccccc1-c1cc2[nH]c(N)nc(N)c2c2ccnc12.O=C(O)C(F)(F)F. The summed E-state index contributed by atoms with van der Waals surface area (Å²) in [5.74, 6) is -1.27. The van der Waals surface area contributed by atoms with E-state index < -0.39 is 12.1 Å². The van der Waals surface area contributed by atoms with Gasteiger partial charge in [-0.25, -0.2) is 4.79 Å². The number of anilines is 2. The van der Waals surface area contributed by atoms with Crippen molar-refractivity contribution in [3.63, 3.8) is 0 Å². The van der Waals surface area contributed by atoms with Crippen molar-refractivity contribution < 1.29 is 27.8 Å². The lowest BCUT2D eigenvalue weighted by atomic mass is 9.99. The number of carboxylic acid groups (broad SMARTS) is 1. The Labute approximate surface area is 173 Å². The molecule has 0 fully saturated rings. The van der Waals surface area contributed by atoms with Crippen molar-refractivity contribution in [3.05, 3.63) is 42.6 Å². The highest BCUT2D eigenvalue weighted by atomic mass is 19.4. The molecule has 8 nitrogen and oxygen atoms in total. The van der Waals surface area contributed by atoms with Crippen LogP contribution in [-0.2, 0) is 4.79 Å². The van der Waals surface area contributed by atoms with E-state index in [1.807, 2.05) is 43.3 Å². The number of halogens is 3. The van der Waals surface area contributed by atoms with Crippen molar-refractivity contribution in [2.24, 2.45) is 0 Å². The molecule has 4 aromatic rings. The smallest absolute Gasteiger partial charge is 0.490 e. The molecule has 4 rings (SSSR count). The van der Waals surface area contributed by atoms with Gasteiger partial charge >= 0.3 is 12.1 Å². The number of hydrogen-bond donors (Lipinski definition) is 4. The number of aromatic amines is 1. The summed E-state index contributed by atoms with van der Waals surface area (Å²) in [6.45, 7) is 2.56. The lowest BCUT2D eigenvalue weighted by Crippen LogP contribution is -2.21. The van der Waals surface area contributed by atoms with Gasteiger partial charge in [-0.2, -0.15) is 18.2 Å². The molecule has 2 aromatic heterocycles. The Kier molecular flexibility index (Phi) is 5.86. The molecule has 2 heterocycles. The average molecular weight is 433 g/mol. The Balaban J connectivity index is 0.000000339. The Hall–Kier alpha value is -4.02. The first-order valence-electron chi connectivity index (χ1n) is 8.98. The maximum absolute atomic E-state index is 10.6. The van der Waals surface area contributed by atoms with E-state index >= 15 is 0 Å². The molecule has 11 heteroatoms. The normalized spacial score (nSPS) is 11.2. The number of carbonyl (C=O) groups is 1. The van der Waals surface area contributed by atoms with Gasteiger partial charge in [0.25, 0.3) is 0 Å². The van der Waals surface area contributed by atoms with E-state index in [-0.39, 0.29) is 5.95 Å². The van der Waals surface area contributed by atoms with Crippen LogP contribution in [0.15, 0.2) is 42.6 Å². The van der Waals surface area contributed by atoms with Gasteiger partial charge in [0.1, 0.15) is 11.6 Å². The molecule has 0 aliphatic heterocycles. The molecule has 0 radical (unpaired) electrons. The summed E-state index contributed by atoms with van der Waals surface area (Å²) in [5, 5.41) is 8.89. The number of benzene rings is 2. The number of rotatable bonds is 3. The number of hydrogen-bond acceptors (Lipinski definition) is 6. The first-order chi connectivity index (χ1) is 14.6. The number of nitrogen functional groups attached to an aromatic ring is 2. The van der Waals surface area contributed by atoms with Crippen molar-refractivity contribution in [3.8, 4) is 16.9 Å². The van der Waals surface area contributed by atoms with Crippen LogP contribution in [-0.4, -0.2) is 38.8 Å². The number of para-hydroxylation sites is 1. The van der Waals surface area contributed by atoms with Gasteiger partial charge in [0.2, 0.25) is 0 Å². The summed E-state index contributed by atoms with van der Waals surface area (Å²) in [4.78, 5) is 20.6. The second kappa shape index (κ2) is 8.38. The Morgan fingerprint density at radius 1 is 1.19 bits per heavy atom. The molecule has 0 aliphatic carbocycles. The molecule has 162 valence electrons. The predicted octanol–water partition coefficient (Wildman–Crippen LogP) is 3.97. The Morgan fingerprint density at radius 2 is 1.87 bits per heavy atom. The van der Waals surface area contributed by atoms with Crippen molar-refractivity contribution >= 4 is 39.5 Å². The third kappa shape index (κ3) is 4.44. The summed E-state index contributed by atoms with van der Waals surface area (Å²) in [6.07, 6.45) is -3.31. The van der Waals surface area contributed by atoms with Crippen LogP contribution in [0.3, 0.4) is 0 Å². The summed E-state index contributed by atoms with van der Waals surface area (Å²) in [6, 6.07) is 11.8. The monoisotopic (exact) mass is 433 g/mol. The minimum absolute atomic E-state index is 0.280. The van der Waals surface area contributed by atoms with Gasteiger partial charge in [0, 0.05) is 28.1 Å². The second-order valence-electron chi connectivity index (χ2n) is 6.29. The third-order valence-electron chi connectivity index (χ3n) is 4.26. The largest absolute Gasteiger partial charge is 0.493 e. The van der Waals surface area contributed by atoms with Gasteiger partial charge in [-0.15, -0.1) is 0 Å². The zero-order valence-corrected chi connectivity index (χ0v) is 16.2. The van der Waals surface area contributed by atoms with Gasteiger partial charge < -0.3 is 26.3 Å². The molecule has 0 bridgehead atoms. The van der Waals surface area contributed by atoms with Crippen LogP contribution in [0.1, 0.15) is 6.92 Å². The van der Waals surface area contributed by atoms with E-state index in [9.17, 15) is 13.2 Å². The third-order valence-corrected chi connectivity index (χ3v) is 4.26. The number of ether oxygens (including phenoxy) is 1. The highest BCUT2D eigenvalue weighted by molar-refractivity contribution is 6.15. The van der Waals surface area contributed by atoms with E-state index in [0.29, 0.717) is 12.4 Å². The van der Waals surface area contributed by atoms with Crippen molar-refractivity contribution in [1.82, 2.24) is 15.0 Å². The molecular formula is C20H18F3N5O3. The summed E-state index contributed by atoms with van der Waals surface area (Å²) in [7, 11) is 0. The predicted molar refractivity (Wildman–Crippen MR) is 111 cm³/mol. The number of fused-ring (bicyclic) bond motifs is 3. The Bertz CT molecular complexity index is 1250. The van der Waals surface area contributed by atoms with Crippen LogP contribution in [0.5, 0.6) is 5.75 Å². The topological polar surface area (TPSA) is 140 Å². The Morgan fingerprint density at radius 3 is 2.52 bits per heavy atom. The molecule has 0 unspecified atom stereocenters. The number of aliphatic carboxylic acids is 1. The van der Waals surface area contributed by atoms with Gasteiger partial charge in [0.05, 0.1) is 17.6 Å². The number of nitrogens with one attached hydrogen (secondary N) is 1. The molecule has 0 saturated heterocycles. The standard InChI is InChI=1S/C18H17N5O.C2HF3O2/c1-2-24-14-6-4-3-5-10(14)12-9-13-15(11-7-8-21-16(11)12)17(19)23-18(20)22-13;3-2(4,5)1(6)7/h3-9H,2,19H2,1H3,(H3,20,22,23);(H,6,7). The van der Waals surface area contributed by atoms with Crippen LogP contribution in [0.25, 0.3) is 32.9 Å². The van der Waals surface area contributed by atoms with E-state index in [2.05, 4.69) is 15.0 Å². The highest BCUT2D eigenvalue weighted by Gasteiger charge is 2.38. The highest BCUT2D eigenvalue weighted by Crippen LogP contribution is 2.39. The van der Waals surface area contributed by atoms with E-state index in [1.54, 1.807) is 6.20 Å². The molecule has 0 aliphatic rings. The molecule has 31 heavy (non-hydrogen) atoms. The number of carboxylic acids is 1. The first-order valence-corrected chi connectivity index (χ1v) is 8.98. The van der Waals surface area contributed by atoms with Gasteiger partial charge in [-0.1, -0.05) is 18.2 Å². The summed E-state index contributed by atoms with van der Waals surface area (Å²) < 4.78 is 37.5. The summed E-state index contributed by atoms with van der Waals surface area (Å²) in [5.41, 5.74) is 15.5. The number of nitrogens with two attached hydrogens (primary N) is 2. The molecule has 0 amide bonds. The fourth-order valence-corrected chi connectivity index (χ4v) is 3.08. The van der Waals surface area contributed by atoms with Crippen molar-refractivity contribution in [2.45, 2.75) is 13.1 Å². The van der Waals surface area contributed by atoms with Crippen molar-refractivity contribution in [1.29, 1.82) is 0 Å². The van der Waals surface area contributed by atoms with Crippen molar-refractivity contribution in [2.75, 3.05) is 18.1 Å². The molecular weight excluding hydrogens is 415 g/mol. The molecule has 6 N–H and O–H groups in total. The zero-order valence-electron chi connectivity index (χ0n) is 16.2. The number of nitrogens with zero attached hydrogens (tertiary/aromatic N) is 2. The van der Waals surface area contributed by atoms with Gasteiger partial charge in [-0.05, 0) is 25.1 Å². The number of alkyl halides is 3. The molecule has 0 spiro atoms. The van der Waals surface area contributed by atoms with Crippen LogP contribution in [0, 0.1) is 0 Å². The maximum atomic E-state index is 10.6. The lowest BCUT2D eigenvalue weighted by molar-refractivity contribution is -0.192. The minimum atomic E-state index is -5.08. The van der Waals surface area contributed by atoms with Crippen LogP contribution in [0.4, 0.5) is 24.9 Å². The molecule has 0 saturated carbocycles. The average Bonchev–Trinajstić information content (AvgIpc) is 3.17. The number of aromatic nitrogens is 3. The first kappa shape index (κ1) is 21.7. The maximum Gasteiger partial charge on any atom is 0.490 e. The zero-order chi connectivity index (χ0) is 22.8. The van der Waals surface area contributed by atoms with Gasteiger partial charge in [0.15, 0.2) is 5.95 Å². The number of H-pyrrole nitrogens is 1. The quantitative estimate of drug-likeness (QED) is 0.383. The van der Waals surface area contributed by atoms with E-state index in [0.717, 1.165) is 38.7 Å². The van der Waals surface area contributed by atoms with Crippen LogP contribution < -0.4 is 16.2 Å². The second-order valence-corrected chi connectivity index (χ2v) is 6.29. The summed E-state index contributed by atoms with van der Waals surface area (Å²) >= 11 is 0. The fraction of sp³-hybridized carbons (Fsp3) is 0.150. The lowest BCUT2D eigenvalue weighted by Gasteiger charge is -2.13. The van der Waals surface area contributed by atoms with Crippen LogP contribution in [0.2, 0.25) is 0 Å². The van der Waals surface area contributed by atoms with Gasteiger partial charge in [-0.3, -0.25) is 4.98 Å². The fourth-order valence-electron chi connectivity index (χ4n) is 3.08. The molecule has 0 atom stereocenters. The van der Waals surface area contributed by atoms with E-state index in [4.69, 9.17) is 26.1 Å². The van der Waals surface area contributed by atoms with E-state index in [1.165, 1.54) is 0 Å². The minimum Gasteiger partial charge on any atom is -0.493 e.